The van der Waals surface area contributed by atoms with E-state index in [1.165, 1.54) is 0 Å². The van der Waals surface area contributed by atoms with Crippen LogP contribution in [0.5, 0.6) is 0 Å². The Balaban J connectivity index is 2.24. The summed E-state index contributed by atoms with van der Waals surface area (Å²) in [5.74, 6) is -1.59. The summed E-state index contributed by atoms with van der Waals surface area (Å²) in [6.45, 7) is 0. The minimum Gasteiger partial charge on any atom is -0.325 e. The van der Waals surface area contributed by atoms with Crippen LogP contribution in [0.3, 0.4) is 0 Å². The van der Waals surface area contributed by atoms with Gasteiger partial charge in [0.15, 0.2) is 0 Å². The zero-order valence-electron chi connectivity index (χ0n) is 7.48. The van der Waals surface area contributed by atoms with Gasteiger partial charge in [0.1, 0.15) is 11.6 Å². The molecule has 1 aliphatic carbocycles. The molecule has 1 aromatic rings. The zero-order valence-corrected chi connectivity index (χ0v) is 9.07. The van der Waals surface area contributed by atoms with Gasteiger partial charge >= 0.3 is 0 Å². The molecule has 0 saturated heterocycles. The molecule has 5 heteroatoms. The normalized spacial score (nSPS) is 26.7. The zero-order chi connectivity index (χ0) is 10.7. The standard InChI is InChI=1S/C10H6BrF2NO/c11-8-5(12)2-6-7(9(8)13)3-1-4(3)10(15)14-6/h2-4H,1H2,(H,14,15). The topological polar surface area (TPSA) is 29.1 Å². The molecule has 3 rings (SSSR count). The molecule has 1 fully saturated rings. The fourth-order valence-electron chi connectivity index (χ4n) is 2.10. The quantitative estimate of drug-likeness (QED) is 0.724. The van der Waals surface area contributed by atoms with Crippen LogP contribution in [0, 0.1) is 17.6 Å². The molecule has 1 aromatic carbocycles. The van der Waals surface area contributed by atoms with Crippen LogP contribution >= 0.6 is 15.9 Å². The molecule has 0 bridgehead atoms. The van der Waals surface area contributed by atoms with E-state index >= 15 is 0 Å². The van der Waals surface area contributed by atoms with E-state index < -0.39 is 11.6 Å². The molecule has 2 atom stereocenters. The predicted molar refractivity (Wildman–Crippen MR) is 53.5 cm³/mol. The van der Waals surface area contributed by atoms with Gasteiger partial charge in [-0.2, -0.15) is 0 Å². The molecule has 78 valence electrons. The highest BCUT2D eigenvalue weighted by molar-refractivity contribution is 9.10. The highest BCUT2D eigenvalue weighted by Gasteiger charge is 2.50. The van der Waals surface area contributed by atoms with Crippen LogP contribution < -0.4 is 5.32 Å². The third kappa shape index (κ3) is 1.16. The van der Waals surface area contributed by atoms with Gasteiger partial charge in [-0.3, -0.25) is 4.79 Å². The van der Waals surface area contributed by atoms with Gasteiger partial charge in [-0.05, 0) is 28.4 Å². The van der Waals surface area contributed by atoms with Crippen molar-refractivity contribution in [1.82, 2.24) is 0 Å². The minimum absolute atomic E-state index is 0.0642. The van der Waals surface area contributed by atoms with Crippen molar-refractivity contribution in [2.75, 3.05) is 5.32 Å². The molecule has 0 aromatic heterocycles. The molecule has 2 aliphatic rings. The summed E-state index contributed by atoms with van der Waals surface area (Å²) >= 11 is 2.86. The lowest BCUT2D eigenvalue weighted by Gasteiger charge is -2.17. The molecule has 1 aliphatic heterocycles. The van der Waals surface area contributed by atoms with E-state index in [-0.39, 0.29) is 27.9 Å². The van der Waals surface area contributed by atoms with E-state index in [1.54, 1.807) is 0 Å². The van der Waals surface area contributed by atoms with E-state index in [1.807, 2.05) is 0 Å². The monoisotopic (exact) mass is 273 g/mol. The molecule has 2 unspecified atom stereocenters. The Hall–Kier alpha value is -0.970. The van der Waals surface area contributed by atoms with Crippen LogP contribution in [0.2, 0.25) is 0 Å². The van der Waals surface area contributed by atoms with E-state index in [0.717, 1.165) is 6.07 Å². The van der Waals surface area contributed by atoms with Gasteiger partial charge in [-0.15, -0.1) is 0 Å². The maximum Gasteiger partial charge on any atom is 0.228 e. The Morgan fingerprint density at radius 3 is 2.87 bits per heavy atom. The summed E-state index contributed by atoms with van der Waals surface area (Å²) in [6, 6.07) is 1.16. The van der Waals surface area contributed by atoms with E-state index in [2.05, 4.69) is 21.2 Å². The Kier molecular flexibility index (Phi) is 1.72. The number of fused-ring (bicyclic) bond motifs is 3. The van der Waals surface area contributed by atoms with Gasteiger partial charge in [0.05, 0.1) is 10.2 Å². The first-order chi connectivity index (χ1) is 7.09. The Labute approximate surface area is 92.8 Å². The summed E-state index contributed by atoms with van der Waals surface area (Å²) in [6.07, 6.45) is 0.661. The molecule has 1 heterocycles. The average Bonchev–Trinajstić information content (AvgIpc) is 2.94. The second kappa shape index (κ2) is 2.78. The number of hydrogen-bond acceptors (Lipinski definition) is 1. The lowest BCUT2D eigenvalue weighted by molar-refractivity contribution is -0.117. The number of benzene rings is 1. The first-order valence-electron chi connectivity index (χ1n) is 4.58. The number of hydrogen-bond donors (Lipinski definition) is 1. The largest absolute Gasteiger partial charge is 0.325 e. The number of anilines is 1. The maximum absolute atomic E-state index is 13.7. The molecular formula is C10H6BrF2NO. The van der Waals surface area contributed by atoms with Gasteiger partial charge in [0.25, 0.3) is 0 Å². The van der Waals surface area contributed by atoms with E-state index in [4.69, 9.17) is 0 Å². The first kappa shape index (κ1) is 9.27. The van der Waals surface area contributed by atoms with Gasteiger partial charge in [0, 0.05) is 17.4 Å². The van der Waals surface area contributed by atoms with Crippen LogP contribution in [0.25, 0.3) is 0 Å². The number of rotatable bonds is 0. The highest BCUT2D eigenvalue weighted by atomic mass is 79.9. The lowest BCUT2D eigenvalue weighted by atomic mass is 10.0. The molecule has 0 radical (unpaired) electrons. The van der Waals surface area contributed by atoms with Crippen LogP contribution in [0.1, 0.15) is 17.9 Å². The predicted octanol–water partition coefficient (Wildman–Crippen LogP) is 2.78. The van der Waals surface area contributed by atoms with Crippen LogP contribution in [-0.4, -0.2) is 5.91 Å². The van der Waals surface area contributed by atoms with Crippen molar-refractivity contribution in [3.8, 4) is 0 Å². The maximum atomic E-state index is 13.7. The van der Waals surface area contributed by atoms with Gasteiger partial charge in [-0.1, -0.05) is 0 Å². The number of carbonyl (C=O) groups is 1. The molecule has 0 spiro atoms. The second-order valence-corrected chi connectivity index (χ2v) is 4.68. The van der Waals surface area contributed by atoms with Crippen LogP contribution in [-0.2, 0) is 4.79 Å². The van der Waals surface area contributed by atoms with Crippen LogP contribution in [0.15, 0.2) is 10.5 Å². The molecule has 1 amide bonds. The van der Waals surface area contributed by atoms with Crippen molar-refractivity contribution < 1.29 is 13.6 Å². The molecular weight excluding hydrogens is 268 g/mol. The van der Waals surface area contributed by atoms with Crippen molar-refractivity contribution in [2.45, 2.75) is 12.3 Å². The minimum atomic E-state index is -0.689. The Morgan fingerprint density at radius 1 is 1.40 bits per heavy atom. The summed E-state index contributed by atoms with van der Waals surface area (Å²) in [7, 11) is 0. The van der Waals surface area contributed by atoms with Crippen molar-refractivity contribution >= 4 is 27.5 Å². The first-order valence-corrected chi connectivity index (χ1v) is 5.37. The summed E-state index contributed by atoms with van der Waals surface area (Å²) < 4.78 is 26.8. The third-order valence-electron chi connectivity index (χ3n) is 2.96. The SMILES string of the molecule is O=C1Nc2cc(F)c(Br)c(F)c2C2CC12. The average molecular weight is 274 g/mol. The Bertz CT molecular complexity index is 489. The molecule has 1 N–H and O–H groups in total. The fraction of sp³-hybridized carbons (Fsp3) is 0.300. The van der Waals surface area contributed by atoms with E-state index in [9.17, 15) is 13.6 Å². The fourth-order valence-corrected chi connectivity index (χ4v) is 2.43. The number of nitrogens with one attached hydrogen (secondary N) is 1. The van der Waals surface area contributed by atoms with E-state index in [0.29, 0.717) is 12.0 Å². The third-order valence-corrected chi connectivity index (χ3v) is 3.68. The summed E-state index contributed by atoms with van der Waals surface area (Å²) in [5.41, 5.74) is 0.713. The van der Waals surface area contributed by atoms with Crippen molar-refractivity contribution in [1.29, 1.82) is 0 Å². The smallest absolute Gasteiger partial charge is 0.228 e. The second-order valence-electron chi connectivity index (χ2n) is 3.89. The van der Waals surface area contributed by atoms with Crippen molar-refractivity contribution in [2.24, 2.45) is 5.92 Å². The van der Waals surface area contributed by atoms with Gasteiger partial charge in [0.2, 0.25) is 5.91 Å². The molecule has 15 heavy (non-hydrogen) atoms. The van der Waals surface area contributed by atoms with Gasteiger partial charge in [-0.25, -0.2) is 8.78 Å². The van der Waals surface area contributed by atoms with Crippen molar-refractivity contribution in [3.63, 3.8) is 0 Å². The molecule has 1 saturated carbocycles. The highest BCUT2D eigenvalue weighted by Crippen LogP contribution is 2.55. The number of carbonyl (C=O) groups excluding carboxylic acids is 1. The summed E-state index contributed by atoms with van der Waals surface area (Å²) in [5, 5.41) is 2.52. The molecule has 2 nitrogen and oxygen atoms in total. The van der Waals surface area contributed by atoms with Gasteiger partial charge < -0.3 is 5.32 Å². The lowest BCUT2D eigenvalue weighted by Crippen LogP contribution is -2.21. The van der Waals surface area contributed by atoms with Crippen LogP contribution in [0.4, 0.5) is 14.5 Å². The summed E-state index contributed by atoms with van der Waals surface area (Å²) in [4.78, 5) is 11.3. The number of halogens is 3. The Morgan fingerprint density at radius 2 is 2.13 bits per heavy atom. The number of amides is 1. The van der Waals surface area contributed by atoms with Crippen molar-refractivity contribution in [3.05, 3.63) is 27.7 Å².